The zero-order valence-corrected chi connectivity index (χ0v) is 11.0. The van der Waals surface area contributed by atoms with Crippen LogP contribution in [0.5, 0.6) is 0 Å². The fourth-order valence-electron chi connectivity index (χ4n) is 2.33. The first-order chi connectivity index (χ1) is 8.50. The van der Waals surface area contributed by atoms with Gasteiger partial charge in [0, 0.05) is 6.54 Å². The van der Waals surface area contributed by atoms with Crippen LogP contribution in [0.25, 0.3) is 0 Å². The molecule has 0 saturated carbocycles. The van der Waals surface area contributed by atoms with E-state index in [-0.39, 0.29) is 5.56 Å². The maximum atomic E-state index is 13.2. The molecular formula is C15H19FN2. The van der Waals surface area contributed by atoms with E-state index in [0.717, 1.165) is 25.2 Å². The SMILES string of the molecule is CC1(C)CCN(Cc2ccc(F)c(C#N)c2)CC1. The molecule has 0 atom stereocenters. The van der Waals surface area contributed by atoms with Crippen LogP contribution in [0.1, 0.15) is 37.8 Å². The third-order valence-corrected chi connectivity index (χ3v) is 3.77. The van der Waals surface area contributed by atoms with Gasteiger partial charge in [-0.1, -0.05) is 19.9 Å². The van der Waals surface area contributed by atoms with Crippen molar-refractivity contribution in [3.8, 4) is 6.07 Å². The molecule has 1 aromatic carbocycles. The van der Waals surface area contributed by atoms with Crippen LogP contribution >= 0.6 is 0 Å². The molecule has 0 bridgehead atoms. The summed E-state index contributed by atoms with van der Waals surface area (Å²) >= 11 is 0. The topological polar surface area (TPSA) is 27.0 Å². The van der Waals surface area contributed by atoms with Crippen LogP contribution in [-0.2, 0) is 6.54 Å². The first-order valence-corrected chi connectivity index (χ1v) is 6.41. The van der Waals surface area contributed by atoms with E-state index in [1.54, 1.807) is 12.1 Å². The molecular weight excluding hydrogens is 227 g/mol. The zero-order chi connectivity index (χ0) is 13.2. The summed E-state index contributed by atoms with van der Waals surface area (Å²) in [6.07, 6.45) is 2.39. The summed E-state index contributed by atoms with van der Waals surface area (Å²) in [6.45, 7) is 7.57. The fraction of sp³-hybridized carbons (Fsp3) is 0.533. The number of piperidine rings is 1. The van der Waals surface area contributed by atoms with Crippen molar-refractivity contribution < 1.29 is 4.39 Å². The van der Waals surface area contributed by atoms with Crippen molar-refractivity contribution in [1.29, 1.82) is 5.26 Å². The third-order valence-electron chi connectivity index (χ3n) is 3.77. The molecule has 1 aliphatic heterocycles. The van der Waals surface area contributed by atoms with E-state index in [1.165, 1.54) is 18.9 Å². The van der Waals surface area contributed by atoms with Crippen LogP contribution in [0.15, 0.2) is 18.2 Å². The van der Waals surface area contributed by atoms with Crippen LogP contribution in [0.3, 0.4) is 0 Å². The van der Waals surface area contributed by atoms with E-state index in [9.17, 15) is 4.39 Å². The lowest BCUT2D eigenvalue weighted by atomic mass is 9.82. The lowest BCUT2D eigenvalue weighted by Crippen LogP contribution is -2.36. The van der Waals surface area contributed by atoms with Crippen LogP contribution < -0.4 is 0 Å². The molecule has 0 aliphatic carbocycles. The third kappa shape index (κ3) is 3.08. The van der Waals surface area contributed by atoms with E-state index in [1.807, 2.05) is 6.07 Å². The van der Waals surface area contributed by atoms with E-state index in [0.29, 0.717) is 5.41 Å². The quantitative estimate of drug-likeness (QED) is 0.800. The van der Waals surface area contributed by atoms with Crippen molar-refractivity contribution in [1.82, 2.24) is 4.90 Å². The van der Waals surface area contributed by atoms with Crippen molar-refractivity contribution in [3.05, 3.63) is 35.1 Å². The molecule has 1 saturated heterocycles. The van der Waals surface area contributed by atoms with Crippen LogP contribution in [0, 0.1) is 22.6 Å². The number of hydrogen-bond donors (Lipinski definition) is 0. The van der Waals surface area contributed by atoms with E-state index in [2.05, 4.69) is 18.7 Å². The lowest BCUT2D eigenvalue weighted by Gasteiger charge is -2.36. The highest BCUT2D eigenvalue weighted by Crippen LogP contribution is 2.30. The Hall–Kier alpha value is -1.40. The highest BCUT2D eigenvalue weighted by atomic mass is 19.1. The highest BCUT2D eigenvalue weighted by molar-refractivity contribution is 5.34. The Labute approximate surface area is 108 Å². The normalized spacial score (nSPS) is 19.4. The Kier molecular flexibility index (Phi) is 3.68. The molecule has 2 nitrogen and oxygen atoms in total. The minimum atomic E-state index is -0.430. The van der Waals surface area contributed by atoms with Crippen molar-refractivity contribution in [2.24, 2.45) is 5.41 Å². The molecule has 0 amide bonds. The van der Waals surface area contributed by atoms with E-state index >= 15 is 0 Å². The van der Waals surface area contributed by atoms with Gasteiger partial charge in [0.05, 0.1) is 5.56 Å². The summed E-state index contributed by atoms with van der Waals surface area (Å²) in [7, 11) is 0. The van der Waals surface area contributed by atoms with Crippen LogP contribution in [0.2, 0.25) is 0 Å². The Morgan fingerprint density at radius 2 is 2.00 bits per heavy atom. The minimum absolute atomic E-state index is 0.143. The van der Waals surface area contributed by atoms with E-state index in [4.69, 9.17) is 5.26 Å². The van der Waals surface area contributed by atoms with Gasteiger partial charge in [-0.25, -0.2) is 4.39 Å². The average molecular weight is 246 g/mol. The van der Waals surface area contributed by atoms with Gasteiger partial charge in [0.15, 0.2) is 0 Å². The Morgan fingerprint density at radius 1 is 1.33 bits per heavy atom. The van der Waals surface area contributed by atoms with Crippen LogP contribution in [-0.4, -0.2) is 18.0 Å². The zero-order valence-electron chi connectivity index (χ0n) is 11.0. The first kappa shape index (κ1) is 13.0. The summed E-state index contributed by atoms with van der Waals surface area (Å²) < 4.78 is 13.2. The van der Waals surface area contributed by atoms with Gasteiger partial charge < -0.3 is 0 Å². The second-order valence-electron chi connectivity index (χ2n) is 5.87. The minimum Gasteiger partial charge on any atom is -0.299 e. The molecule has 3 heteroatoms. The van der Waals surface area contributed by atoms with Crippen molar-refractivity contribution in [2.75, 3.05) is 13.1 Å². The predicted octanol–water partition coefficient (Wildman–Crippen LogP) is 3.32. The molecule has 1 aliphatic rings. The molecule has 1 heterocycles. The molecule has 0 aromatic heterocycles. The molecule has 0 N–H and O–H groups in total. The Balaban J connectivity index is 2.01. The van der Waals surface area contributed by atoms with Gasteiger partial charge in [-0.05, 0) is 49.0 Å². The van der Waals surface area contributed by atoms with Crippen molar-refractivity contribution in [3.63, 3.8) is 0 Å². The molecule has 1 aromatic rings. The standard InChI is InChI=1S/C15H19FN2/c1-15(2)5-7-18(8-6-15)11-12-3-4-14(16)13(9-12)10-17/h3-4,9H,5-8,11H2,1-2H3. The number of rotatable bonds is 2. The molecule has 18 heavy (non-hydrogen) atoms. The molecule has 0 spiro atoms. The van der Waals surface area contributed by atoms with Gasteiger partial charge in [0.1, 0.15) is 11.9 Å². The van der Waals surface area contributed by atoms with E-state index < -0.39 is 5.82 Å². The lowest BCUT2D eigenvalue weighted by molar-refractivity contribution is 0.127. The number of benzene rings is 1. The molecule has 0 radical (unpaired) electrons. The van der Waals surface area contributed by atoms with Crippen molar-refractivity contribution in [2.45, 2.75) is 33.2 Å². The number of nitrogens with zero attached hydrogens (tertiary/aromatic N) is 2. The van der Waals surface area contributed by atoms with Gasteiger partial charge in [0.25, 0.3) is 0 Å². The summed E-state index contributed by atoms with van der Waals surface area (Å²) in [6, 6.07) is 6.72. The number of nitriles is 1. The number of likely N-dealkylation sites (tertiary alicyclic amines) is 1. The fourth-order valence-corrected chi connectivity index (χ4v) is 2.33. The molecule has 1 fully saturated rings. The number of halogens is 1. The Morgan fingerprint density at radius 3 is 2.61 bits per heavy atom. The van der Waals surface area contributed by atoms with Gasteiger partial charge in [-0.15, -0.1) is 0 Å². The second kappa shape index (κ2) is 5.07. The summed E-state index contributed by atoms with van der Waals surface area (Å²) in [5.74, 6) is -0.430. The smallest absolute Gasteiger partial charge is 0.140 e. The summed E-state index contributed by atoms with van der Waals surface area (Å²) in [5.41, 5.74) is 1.61. The Bertz CT molecular complexity index is 464. The molecule has 2 rings (SSSR count). The van der Waals surface area contributed by atoms with Gasteiger partial charge in [-0.3, -0.25) is 4.90 Å². The average Bonchev–Trinajstić information content (AvgIpc) is 2.34. The molecule has 96 valence electrons. The highest BCUT2D eigenvalue weighted by Gasteiger charge is 2.25. The first-order valence-electron chi connectivity index (χ1n) is 6.41. The maximum Gasteiger partial charge on any atom is 0.140 e. The molecule has 0 unspecified atom stereocenters. The largest absolute Gasteiger partial charge is 0.299 e. The predicted molar refractivity (Wildman–Crippen MR) is 69.4 cm³/mol. The number of hydrogen-bond acceptors (Lipinski definition) is 2. The van der Waals surface area contributed by atoms with Gasteiger partial charge >= 0.3 is 0 Å². The summed E-state index contributed by atoms with van der Waals surface area (Å²) in [4.78, 5) is 2.37. The van der Waals surface area contributed by atoms with Gasteiger partial charge in [0.2, 0.25) is 0 Å². The second-order valence-corrected chi connectivity index (χ2v) is 5.87. The maximum absolute atomic E-state index is 13.2. The van der Waals surface area contributed by atoms with Gasteiger partial charge in [-0.2, -0.15) is 5.26 Å². The monoisotopic (exact) mass is 246 g/mol. The summed E-state index contributed by atoms with van der Waals surface area (Å²) in [5, 5.41) is 8.81. The van der Waals surface area contributed by atoms with Crippen molar-refractivity contribution >= 4 is 0 Å². The van der Waals surface area contributed by atoms with Crippen LogP contribution in [0.4, 0.5) is 4.39 Å².